The number of rotatable bonds is 7. The summed E-state index contributed by atoms with van der Waals surface area (Å²) in [5.74, 6) is 0.690. The molecule has 0 saturated carbocycles. The van der Waals surface area contributed by atoms with Gasteiger partial charge in [-0.25, -0.2) is 10.4 Å². The van der Waals surface area contributed by atoms with Crippen molar-refractivity contribution < 1.29 is 9.84 Å². The zero-order chi connectivity index (χ0) is 17.5. The van der Waals surface area contributed by atoms with Crippen LogP contribution in [-0.2, 0) is 6.42 Å². The van der Waals surface area contributed by atoms with Crippen LogP contribution in [0.25, 0.3) is 0 Å². The Balaban J connectivity index is 2.16. The van der Waals surface area contributed by atoms with E-state index in [1.54, 1.807) is 18.3 Å². The number of hydrogen-bond acceptors (Lipinski definition) is 6. The minimum atomic E-state index is -0.225. The molecule has 0 unspecified atom stereocenters. The standard InChI is InChI=1S/C16H19BrN4O3/c1-3-5-11-8-14(22)20-16(19-11)21-18-9-10-6-12(17)15(23)13(7-10)24-4-2/h6-9,23H,3-5H2,1-2H3,(H2,19,20,21,22). The smallest absolute Gasteiger partial charge is 0.252 e. The van der Waals surface area contributed by atoms with Crippen LogP contribution in [0.2, 0.25) is 0 Å². The third-order valence-electron chi connectivity index (χ3n) is 3.04. The van der Waals surface area contributed by atoms with E-state index in [2.05, 4.69) is 36.4 Å². The van der Waals surface area contributed by atoms with Crippen LogP contribution in [-0.4, -0.2) is 27.9 Å². The Morgan fingerprint density at radius 3 is 2.92 bits per heavy atom. The molecule has 1 aromatic heterocycles. The predicted molar refractivity (Wildman–Crippen MR) is 97.0 cm³/mol. The maximum Gasteiger partial charge on any atom is 0.252 e. The molecule has 24 heavy (non-hydrogen) atoms. The van der Waals surface area contributed by atoms with Crippen LogP contribution >= 0.6 is 15.9 Å². The molecule has 7 nitrogen and oxygen atoms in total. The normalized spacial score (nSPS) is 11.0. The number of phenols is 1. The summed E-state index contributed by atoms with van der Waals surface area (Å²) in [5.41, 5.74) is 3.90. The lowest BCUT2D eigenvalue weighted by atomic mass is 10.2. The molecule has 0 radical (unpaired) electrons. The molecule has 3 N–H and O–H groups in total. The number of nitrogens with zero attached hydrogens (tertiary/aromatic N) is 2. The van der Waals surface area contributed by atoms with Crippen molar-refractivity contribution in [2.75, 3.05) is 12.0 Å². The Morgan fingerprint density at radius 2 is 2.21 bits per heavy atom. The van der Waals surface area contributed by atoms with Crippen molar-refractivity contribution in [2.45, 2.75) is 26.7 Å². The van der Waals surface area contributed by atoms with Crippen LogP contribution in [0.15, 0.2) is 32.6 Å². The second-order valence-electron chi connectivity index (χ2n) is 4.99. The highest BCUT2D eigenvalue weighted by molar-refractivity contribution is 9.10. The van der Waals surface area contributed by atoms with Crippen LogP contribution in [0.3, 0.4) is 0 Å². The topological polar surface area (TPSA) is 99.6 Å². The van der Waals surface area contributed by atoms with E-state index >= 15 is 0 Å². The average molecular weight is 395 g/mol. The van der Waals surface area contributed by atoms with Crippen molar-refractivity contribution in [1.29, 1.82) is 0 Å². The van der Waals surface area contributed by atoms with Gasteiger partial charge >= 0.3 is 0 Å². The second kappa shape index (κ2) is 8.49. The minimum Gasteiger partial charge on any atom is -0.503 e. The summed E-state index contributed by atoms with van der Waals surface area (Å²) in [5, 5.41) is 13.9. The summed E-state index contributed by atoms with van der Waals surface area (Å²) in [6.07, 6.45) is 3.17. The van der Waals surface area contributed by atoms with Crippen molar-refractivity contribution in [1.82, 2.24) is 9.97 Å². The number of phenolic OH excluding ortho intramolecular Hbond substituents is 1. The Hall–Kier alpha value is -2.35. The van der Waals surface area contributed by atoms with E-state index in [0.717, 1.165) is 12.8 Å². The molecule has 0 fully saturated rings. The molecule has 2 rings (SSSR count). The summed E-state index contributed by atoms with van der Waals surface area (Å²) >= 11 is 3.27. The number of benzene rings is 1. The van der Waals surface area contributed by atoms with E-state index in [-0.39, 0.29) is 17.3 Å². The minimum absolute atomic E-state index is 0.0419. The molecule has 8 heteroatoms. The van der Waals surface area contributed by atoms with Gasteiger partial charge < -0.3 is 9.84 Å². The lowest BCUT2D eigenvalue weighted by Crippen LogP contribution is -2.12. The Morgan fingerprint density at radius 1 is 1.42 bits per heavy atom. The van der Waals surface area contributed by atoms with E-state index in [1.165, 1.54) is 6.07 Å². The summed E-state index contributed by atoms with van der Waals surface area (Å²) in [4.78, 5) is 18.4. The molecule has 1 aromatic carbocycles. The molecular weight excluding hydrogens is 376 g/mol. The van der Waals surface area contributed by atoms with Gasteiger partial charge in [0.05, 0.1) is 17.3 Å². The van der Waals surface area contributed by atoms with Crippen molar-refractivity contribution in [2.24, 2.45) is 5.10 Å². The van der Waals surface area contributed by atoms with E-state index in [4.69, 9.17) is 4.74 Å². The van der Waals surface area contributed by atoms with Gasteiger partial charge in [0.15, 0.2) is 11.5 Å². The van der Waals surface area contributed by atoms with Gasteiger partial charge in [-0.3, -0.25) is 9.78 Å². The largest absolute Gasteiger partial charge is 0.503 e. The molecule has 0 amide bonds. The lowest BCUT2D eigenvalue weighted by Gasteiger charge is -2.08. The average Bonchev–Trinajstić information content (AvgIpc) is 2.52. The van der Waals surface area contributed by atoms with E-state index in [0.29, 0.717) is 28.1 Å². The molecule has 0 aliphatic heterocycles. The fourth-order valence-electron chi connectivity index (χ4n) is 2.05. The number of aryl methyl sites for hydroxylation is 1. The first-order chi connectivity index (χ1) is 11.5. The van der Waals surface area contributed by atoms with Crippen molar-refractivity contribution >= 4 is 28.1 Å². The van der Waals surface area contributed by atoms with Crippen LogP contribution in [0.5, 0.6) is 11.5 Å². The summed E-state index contributed by atoms with van der Waals surface area (Å²) in [7, 11) is 0. The number of H-pyrrole nitrogens is 1. The zero-order valence-corrected chi connectivity index (χ0v) is 15.1. The van der Waals surface area contributed by atoms with Crippen molar-refractivity contribution in [3.05, 3.63) is 44.3 Å². The van der Waals surface area contributed by atoms with Gasteiger partial charge in [-0.2, -0.15) is 5.10 Å². The van der Waals surface area contributed by atoms with Crippen molar-refractivity contribution in [3.63, 3.8) is 0 Å². The monoisotopic (exact) mass is 394 g/mol. The molecular formula is C16H19BrN4O3. The van der Waals surface area contributed by atoms with E-state index < -0.39 is 0 Å². The number of hydrazone groups is 1. The van der Waals surface area contributed by atoms with Gasteiger partial charge in [-0.05, 0) is 47.0 Å². The fraction of sp³-hybridized carbons (Fsp3) is 0.312. The highest BCUT2D eigenvalue weighted by Crippen LogP contribution is 2.35. The molecule has 1 heterocycles. The molecule has 0 saturated heterocycles. The Kier molecular flexibility index (Phi) is 6.36. The predicted octanol–water partition coefficient (Wildman–Crippen LogP) is 3.04. The van der Waals surface area contributed by atoms with Crippen LogP contribution in [0.1, 0.15) is 31.5 Å². The molecule has 128 valence electrons. The van der Waals surface area contributed by atoms with E-state index in [1.807, 2.05) is 13.8 Å². The molecule has 0 spiro atoms. The van der Waals surface area contributed by atoms with Crippen LogP contribution in [0.4, 0.5) is 5.95 Å². The number of nitrogens with one attached hydrogen (secondary N) is 2. The summed E-state index contributed by atoms with van der Waals surface area (Å²) in [6.45, 7) is 4.29. The van der Waals surface area contributed by atoms with Gasteiger partial charge in [0, 0.05) is 11.8 Å². The summed E-state index contributed by atoms with van der Waals surface area (Å²) < 4.78 is 5.87. The first-order valence-electron chi connectivity index (χ1n) is 7.58. The second-order valence-corrected chi connectivity index (χ2v) is 5.84. The maximum atomic E-state index is 11.6. The van der Waals surface area contributed by atoms with Gasteiger partial charge in [0.1, 0.15) is 0 Å². The van der Waals surface area contributed by atoms with Gasteiger partial charge in [-0.1, -0.05) is 13.3 Å². The van der Waals surface area contributed by atoms with Crippen molar-refractivity contribution in [3.8, 4) is 11.5 Å². The quantitative estimate of drug-likeness (QED) is 0.494. The summed E-state index contributed by atoms with van der Waals surface area (Å²) in [6, 6.07) is 4.84. The number of aromatic amines is 1. The first kappa shape index (κ1) is 18.0. The Labute approximate surface area is 147 Å². The van der Waals surface area contributed by atoms with Crippen LogP contribution in [0, 0.1) is 0 Å². The molecule has 2 aromatic rings. The fourth-order valence-corrected chi connectivity index (χ4v) is 2.51. The van der Waals surface area contributed by atoms with E-state index in [9.17, 15) is 9.90 Å². The number of anilines is 1. The highest BCUT2D eigenvalue weighted by atomic mass is 79.9. The third-order valence-corrected chi connectivity index (χ3v) is 3.64. The number of aromatic hydroxyl groups is 1. The lowest BCUT2D eigenvalue weighted by molar-refractivity contribution is 0.317. The van der Waals surface area contributed by atoms with Crippen LogP contribution < -0.4 is 15.7 Å². The SMILES string of the molecule is CCCc1cc(=O)[nH]c(NN=Cc2cc(Br)c(O)c(OCC)c2)n1. The number of aromatic nitrogens is 2. The molecule has 0 bridgehead atoms. The third kappa shape index (κ3) is 4.82. The molecule has 0 aliphatic carbocycles. The number of ether oxygens (including phenoxy) is 1. The van der Waals surface area contributed by atoms with Gasteiger partial charge in [0.2, 0.25) is 5.95 Å². The first-order valence-corrected chi connectivity index (χ1v) is 8.37. The number of halogens is 1. The van der Waals surface area contributed by atoms with Gasteiger partial charge in [0.25, 0.3) is 5.56 Å². The molecule has 0 aliphatic rings. The highest BCUT2D eigenvalue weighted by Gasteiger charge is 2.08. The maximum absolute atomic E-state index is 11.6. The molecule has 0 atom stereocenters. The van der Waals surface area contributed by atoms with Gasteiger partial charge in [-0.15, -0.1) is 0 Å². The Bertz CT molecular complexity index is 789. The number of hydrogen-bond donors (Lipinski definition) is 3. The zero-order valence-electron chi connectivity index (χ0n) is 13.5.